The van der Waals surface area contributed by atoms with Crippen LogP contribution in [0.4, 0.5) is 0 Å². The minimum atomic E-state index is -0.889. The van der Waals surface area contributed by atoms with E-state index in [4.69, 9.17) is 9.47 Å². The number of rotatable bonds is 8. The van der Waals surface area contributed by atoms with Gasteiger partial charge in [-0.05, 0) is 49.0 Å². The third-order valence-corrected chi connectivity index (χ3v) is 7.68. The number of allylic oxidation sites excluding steroid dienone is 3. The molecule has 0 amide bonds. The van der Waals surface area contributed by atoms with E-state index in [9.17, 15) is 14.4 Å². The van der Waals surface area contributed by atoms with Crippen LogP contribution in [0, 0.1) is 11.8 Å². The Morgan fingerprint density at radius 2 is 1.91 bits per heavy atom. The first kappa shape index (κ1) is 25.4. The van der Waals surface area contributed by atoms with Crippen molar-refractivity contribution in [2.24, 2.45) is 11.8 Å². The van der Waals surface area contributed by atoms with E-state index in [2.05, 4.69) is 12.2 Å². The molecule has 0 saturated heterocycles. The normalized spacial score (nSPS) is 22.6. The molecule has 0 aromatic heterocycles. The summed E-state index contributed by atoms with van der Waals surface area (Å²) in [4.78, 5) is 40.5. The van der Waals surface area contributed by atoms with Crippen molar-refractivity contribution in [3.8, 4) is 0 Å². The number of ketones is 1. The zero-order chi connectivity index (χ0) is 24.1. The van der Waals surface area contributed by atoms with E-state index >= 15 is 0 Å². The Hall–Kier alpha value is -2.19. The molecule has 8 heteroatoms. The van der Waals surface area contributed by atoms with E-state index in [0.717, 1.165) is 21.9 Å². The van der Waals surface area contributed by atoms with Crippen LogP contribution in [-0.2, 0) is 23.9 Å². The zero-order valence-electron chi connectivity index (χ0n) is 19.7. The van der Waals surface area contributed by atoms with E-state index in [0.29, 0.717) is 35.6 Å². The summed E-state index contributed by atoms with van der Waals surface area (Å²) in [6.45, 7) is 6.07. The average Bonchev–Trinajstić information content (AvgIpc) is 2.80. The van der Waals surface area contributed by atoms with Crippen LogP contribution in [0.2, 0.25) is 0 Å². The van der Waals surface area contributed by atoms with Crippen LogP contribution in [0.15, 0.2) is 51.7 Å². The number of dihydropyridines is 1. The Balaban J connectivity index is 2.06. The van der Waals surface area contributed by atoms with Crippen LogP contribution in [0.5, 0.6) is 0 Å². The molecule has 6 nitrogen and oxygen atoms in total. The number of thioether (sulfide) groups is 2. The van der Waals surface area contributed by atoms with Crippen LogP contribution in [0.1, 0.15) is 38.7 Å². The van der Waals surface area contributed by atoms with E-state index in [-0.39, 0.29) is 11.7 Å². The van der Waals surface area contributed by atoms with Crippen LogP contribution in [0.3, 0.4) is 0 Å². The highest BCUT2D eigenvalue weighted by atomic mass is 32.2. The van der Waals surface area contributed by atoms with Crippen molar-refractivity contribution in [2.45, 2.75) is 38.0 Å². The summed E-state index contributed by atoms with van der Waals surface area (Å²) >= 11 is 3.32. The molecule has 1 heterocycles. The van der Waals surface area contributed by atoms with Crippen molar-refractivity contribution in [2.75, 3.05) is 31.5 Å². The van der Waals surface area contributed by atoms with Gasteiger partial charge in [0, 0.05) is 33.5 Å². The molecule has 1 aliphatic carbocycles. The maximum absolute atomic E-state index is 13.7. The molecule has 1 aliphatic heterocycles. The summed E-state index contributed by atoms with van der Waals surface area (Å²) < 4.78 is 10.5. The first-order chi connectivity index (χ1) is 15.8. The Morgan fingerprint density at radius 1 is 1.21 bits per heavy atom. The lowest BCUT2D eigenvalue weighted by atomic mass is 9.69. The molecule has 2 aliphatic rings. The summed E-state index contributed by atoms with van der Waals surface area (Å²) in [5.74, 6) is -1.31. The number of nitrogens with one attached hydrogen (secondary N) is 1. The molecule has 0 bridgehead atoms. The largest absolute Gasteiger partial charge is 0.468 e. The number of esters is 2. The summed E-state index contributed by atoms with van der Waals surface area (Å²) in [6, 6.07) is 7.84. The summed E-state index contributed by atoms with van der Waals surface area (Å²) in [6.07, 6.45) is 2.52. The highest BCUT2D eigenvalue weighted by molar-refractivity contribution is 7.99. The lowest BCUT2D eigenvalue weighted by molar-refractivity contribution is -0.151. The predicted octanol–water partition coefficient (Wildman–Crippen LogP) is 4.32. The molecule has 33 heavy (non-hydrogen) atoms. The van der Waals surface area contributed by atoms with E-state index in [1.54, 1.807) is 23.5 Å². The number of hydrogen-bond donors (Lipinski definition) is 1. The molecule has 0 fully saturated rings. The van der Waals surface area contributed by atoms with Gasteiger partial charge in [-0.3, -0.25) is 9.59 Å². The quantitative estimate of drug-likeness (QED) is 0.250. The van der Waals surface area contributed by atoms with Gasteiger partial charge in [0.05, 0.1) is 12.7 Å². The minimum Gasteiger partial charge on any atom is -0.468 e. The molecular weight excluding hydrogens is 458 g/mol. The van der Waals surface area contributed by atoms with Gasteiger partial charge in [0.15, 0.2) is 5.78 Å². The lowest BCUT2D eigenvalue weighted by Crippen LogP contribution is -2.43. The smallest absolute Gasteiger partial charge is 0.336 e. The van der Waals surface area contributed by atoms with Crippen LogP contribution < -0.4 is 5.32 Å². The van der Waals surface area contributed by atoms with Gasteiger partial charge in [-0.2, -0.15) is 11.8 Å². The first-order valence-electron chi connectivity index (χ1n) is 11.1. The number of hydrogen-bond acceptors (Lipinski definition) is 8. The fraction of sp³-hybridized carbons (Fsp3) is 0.480. The number of carbonyl (C=O) groups is 3. The Bertz CT molecular complexity index is 983. The van der Waals surface area contributed by atoms with Crippen molar-refractivity contribution >= 4 is 41.2 Å². The lowest BCUT2D eigenvalue weighted by Gasteiger charge is -2.38. The minimum absolute atomic E-state index is 0.205. The van der Waals surface area contributed by atoms with E-state index in [1.807, 2.05) is 44.4 Å². The van der Waals surface area contributed by atoms with Crippen molar-refractivity contribution in [3.63, 3.8) is 0 Å². The molecule has 1 N–H and O–H groups in total. The fourth-order valence-electron chi connectivity index (χ4n) is 4.50. The Morgan fingerprint density at radius 3 is 2.52 bits per heavy atom. The predicted molar refractivity (Wildman–Crippen MR) is 132 cm³/mol. The average molecular weight is 490 g/mol. The van der Waals surface area contributed by atoms with Gasteiger partial charge in [-0.15, -0.1) is 11.8 Å². The standard InChI is InChI=1S/C25H31NO5S2/c1-6-33-12-11-31-25(29)20-15(3)26-18-13-14(2)19(24(28)30-4)23(27)22(18)21(20)16-7-9-17(32-5)10-8-16/h7-10,14,19,21,26H,6,11-13H2,1-5H3/t14-,19+,21-/m1/s1. The summed E-state index contributed by atoms with van der Waals surface area (Å²) in [5, 5.41) is 3.29. The van der Waals surface area contributed by atoms with E-state index < -0.39 is 23.8 Å². The SMILES string of the molecule is CCSCCOC(=O)C1=C(C)NC2=C(C(=O)[C@@H](C(=O)OC)[C@H](C)C2)[C@@H]1c1ccc(SC)cc1. The van der Waals surface area contributed by atoms with Crippen LogP contribution in [-0.4, -0.2) is 49.2 Å². The highest BCUT2D eigenvalue weighted by Gasteiger charge is 2.47. The Kier molecular flexibility index (Phi) is 8.70. The molecular formula is C25H31NO5S2. The second kappa shape index (κ2) is 11.3. The third-order valence-electron chi connectivity index (χ3n) is 6.08. The molecule has 0 saturated carbocycles. The summed E-state index contributed by atoms with van der Waals surface area (Å²) in [7, 11) is 1.30. The number of benzene rings is 1. The molecule has 0 unspecified atom stereocenters. The van der Waals surface area contributed by atoms with Crippen molar-refractivity contribution in [1.29, 1.82) is 0 Å². The van der Waals surface area contributed by atoms with Crippen LogP contribution in [0.25, 0.3) is 0 Å². The van der Waals surface area contributed by atoms with E-state index in [1.165, 1.54) is 7.11 Å². The maximum atomic E-state index is 13.7. The monoisotopic (exact) mass is 489 g/mol. The molecule has 3 rings (SSSR count). The van der Waals surface area contributed by atoms with Gasteiger partial charge in [0.1, 0.15) is 12.5 Å². The number of carbonyl (C=O) groups excluding carboxylic acids is 3. The van der Waals surface area contributed by atoms with Gasteiger partial charge < -0.3 is 14.8 Å². The number of Topliss-reactive ketones (excluding diaryl/α,β-unsaturated/α-hetero) is 1. The highest BCUT2D eigenvalue weighted by Crippen LogP contribution is 2.45. The third kappa shape index (κ3) is 5.32. The second-order valence-electron chi connectivity index (χ2n) is 8.14. The molecule has 0 spiro atoms. The topological polar surface area (TPSA) is 81.7 Å². The van der Waals surface area contributed by atoms with Gasteiger partial charge in [-0.1, -0.05) is 26.0 Å². The van der Waals surface area contributed by atoms with Gasteiger partial charge in [-0.25, -0.2) is 4.79 Å². The van der Waals surface area contributed by atoms with Gasteiger partial charge in [0.2, 0.25) is 0 Å². The second-order valence-corrected chi connectivity index (χ2v) is 10.4. The zero-order valence-corrected chi connectivity index (χ0v) is 21.4. The van der Waals surface area contributed by atoms with Crippen LogP contribution >= 0.6 is 23.5 Å². The van der Waals surface area contributed by atoms with Crippen molar-refractivity contribution in [1.82, 2.24) is 5.32 Å². The molecule has 1 aromatic carbocycles. The maximum Gasteiger partial charge on any atom is 0.336 e. The first-order valence-corrected chi connectivity index (χ1v) is 13.4. The molecule has 3 atom stereocenters. The Labute approximate surface area is 203 Å². The number of methoxy groups -OCH3 is 1. The number of ether oxygens (including phenoxy) is 2. The van der Waals surface area contributed by atoms with Gasteiger partial charge >= 0.3 is 11.9 Å². The van der Waals surface area contributed by atoms with Crippen molar-refractivity contribution < 1.29 is 23.9 Å². The summed E-state index contributed by atoms with van der Waals surface area (Å²) in [5.41, 5.74) is 3.14. The van der Waals surface area contributed by atoms with Gasteiger partial charge in [0.25, 0.3) is 0 Å². The molecule has 178 valence electrons. The molecule has 1 aromatic rings. The fourth-order valence-corrected chi connectivity index (χ4v) is 5.39. The molecule has 0 radical (unpaired) electrons. The van der Waals surface area contributed by atoms with Crippen molar-refractivity contribution in [3.05, 3.63) is 52.4 Å².